The molecule has 1 saturated heterocycles. The van der Waals surface area contributed by atoms with E-state index in [1.807, 2.05) is 34.9 Å². The van der Waals surface area contributed by atoms with Crippen LogP contribution in [0.25, 0.3) is 0 Å². The normalized spacial score (nSPS) is 20.1. The average molecular weight is 278 g/mol. The predicted octanol–water partition coefficient (Wildman–Crippen LogP) is 3.02. The van der Waals surface area contributed by atoms with Crippen molar-refractivity contribution in [2.45, 2.75) is 31.4 Å². The molecule has 1 heterocycles. The van der Waals surface area contributed by atoms with E-state index in [0.717, 1.165) is 25.3 Å². The highest BCUT2D eigenvalue weighted by Crippen LogP contribution is 2.24. The zero-order valence-electron chi connectivity index (χ0n) is 11.5. The van der Waals surface area contributed by atoms with Gasteiger partial charge in [0.15, 0.2) is 0 Å². The molecule has 0 spiro atoms. The molecule has 1 fully saturated rings. The van der Waals surface area contributed by atoms with Gasteiger partial charge in [-0.05, 0) is 30.7 Å². The third-order valence-corrected chi connectivity index (χ3v) is 4.70. The molecule has 0 bridgehead atoms. The summed E-state index contributed by atoms with van der Waals surface area (Å²) < 4.78 is 0. The number of nitrogens with two attached hydrogens (primary N) is 1. The van der Waals surface area contributed by atoms with Gasteiger partial charge in [-0.25, -0.2) is 0 Å². The van der Waals surface area contributed by atoms with Crippen molar-refractivity contribution in [3.63, 3.8) is 0 Å². The second kappa shape index (κ2) is 6.85. The number of amides is 1. The van der Waals surface area contributed by atoms with Crippen LogP contribution in [0, 0.1) is 0 Å². The molecule has 0 aromatic heterocycles. The van der Waals surface area contributed by atoms with Crippen LogP contribution in [0.5, 0.6) is 0 Å². The van der Waals surface area contributed by atoms with E-state index in [1.54, 1.807) is 6.07 Å². The number of hydrogen-bond acceptors (Lipinski definition) is 3. The van der Waals surface area contributed by atoms with E-state index in [-0.39, 0.29) is 5.91 Å². The first-order valence-electron chi connectivity index (χ1n) is 6.97. The van der Waals surface area contributed by atoms with Gasteiger partial charge in [-0.3, -0.25) is 4.79 Å². The number of carbonyl (C=O) groups is 1. The van der Waals surface area contributed by atoms with Gasteiger partial charge in [0, 0.05) is 24.0 Å². The van der Waals surface area contributed by atoms with Gasteiger partial charge in [-0.15, -0.1) is 0 Å². The Morgan fingerprint density at radius 2 is 2.21 bits per heavy atom. The molecule has 104 valence electrons. The van der Waals surface area contributed by atoms with E-state index in [1.165, 1.54) is 12.8 Å². The number of benzene rings is 1. The number of para-hydroxylation sites is 1. The summed E-state index contributed by atoms with van der Waals surface area (Å²) in [6.07, 6.45) is 3.53. The van der Waals surface area contributed by atoms with Gasteiger partial charge in [-0.2, -0.15) is 11.8 Å². The van der Waals surface area contributed by atoms with Crippen LogP contribution in [-0.2, 0) is 0 Å². The lowest BCUT2D eigenvalue weighted by molar-refractivity contribution is 0.0764. The standard InChI is InChI=1S/C15H22N2OS/c1-2-19-12-7-5-6-10-17(11-12)15(18)13-8-3-4-9-14(13)16/h3-4,8-9,12H,2,5-7,10-11,16H2,1H3. The smallest absolute Gasteiger partial charge is 0.255 e. The van der Waals surface area contributed by atoms with Gasteiger partial charge in [0.05, 0.1) is 5.56 Å². The second-order valence-electron chi connectivity index (χ2n) is 4.91. The SMILES string of the molecule is CCSC1CCCCN(C(=O)c2ccccc2N)C1. The molecule has 19 heavy (non-hydrogen) atoms. The molecule has 1 aliphatic heterocycles. The minimum atomic E-state index is 0.0849. The zero-order valence-corrected chi connectivity index (χ0v) is 12.3. The number of thioether (sulfide) groups is 1. The number of nitrogens with zero attached hydrogens (tertiary/aromatic N) is 1. The Bertz CT molecular complexity index is 436. The molecular weight excluding hydrogens is 256 g/mol. The lowest BCUT2D eigenvalue weighted by Crippen LogP contribution is -2.36. The average Bonchev–Trinajstić information content (AvgIpc) is 2.65. The number of anilines is 1. The minimum Gasteiger partial charge on any atom is -0.398 e. The van der Waals surface area contributed by atoms with Crippen molar-refractivity contribution in [3.05, 3.63) is 29.8 Å². The summed E-state index contributed by atoms with van der Waals surface area (Å²) in [6.45, 7) is 3.89. The molecule has 0 aliphatic carbocycles. The van der Waals surface area contributed by atoms with E-state index >= 15 is 0 Å². The first kappa shape index (κ1) is 14.3. The van der Waals surface area contributed by atoms with E-state index < -0.39 is 0 Å². The third kappa shape index (κ3) is 3.66. The molecule has 2 rings (SSSR count). The van der Waals surface area contributed by atoms with Gasteiger partial charge in [-0.1, -0.05) is 25.5 Å². The van der Waals surface area contributed by atoms with Crippen molar-refractivity contribution >= 4 is 23.4 Å². The van der Waals surface area contributed by atoms with Crippen LogP contribution in [0.3, 0.4) is 0 Å². The summed E-state index contributed by atoms with van der Waals surface area (Å²) in [7, 11) is 0. The molecule has 1 aliphatic rings. The number of rotatable bonds is 3. The van der Waals surface area contributed by atoms with Crippen LogP contribution in [0.2, 0.25) is 0 Å². The molecule has 1 unspecified atom stereocenters. The highest BCUT2D eigenvalue weighted by Gasteiger charge is 2.23. The largest absolute Gasteiger partial charge is 0.398 e. The van der Waals surface area contributed by atoms with Crippen molar-refractivity contribution in [2.75, 3.05) is 24.6 Å². The Morgan fingerprint density at radius 1 is 1.42 bits per heavy atom. The number of likely N-dealkylation sites (tertiary alicyclic amines) is 1. The zero-order chi connectivity index (χ0) is 13.7. The summed E-state index contributed by atoms with van der Waals surface area (Å²) in [5, 5.41) is 0.571. The summed E-state index contributed by atoms with van der Waals surface area (Å²) in [5.74, 6) is 1.20. The number of hydrogen-bond donors (Lipinski definition) is 1. The molecule has 1 amide bonds. The minimum absolute atomic E-state index is 0.0849. The molecule has 1 aromatic carbocycles. The highest BCUT2D eigenvalue weighted by atomic mass is 32.2. The van der Waals surface area contributed by atoms with E-state index in [0.29, 0.717) is 16.5 Å². The van der Waals surface area contributed by atoms with Gasteiger partial charge < -0.3 is 10.6 Å². The van der Waals surface area contributed by atoms with E-state index in [4.69, 9.17) is 5.73 Å². The van der Waals surface area contributed by atoms with Crippen LogP contribution < -0.4 is 5.73 Å². The van der Waals surface area contributed by atoms with Crippen LogP contribution >= 0.6 is 11.8 Å². The number of carbonyl (C=O) groups excluding carboxylic acids is 1. The van der Waals surface area contributed by atoms with Crippen LogP contribution in [0.1, 0.15) is 36.5 Å². The Labute approximate surface area is 119 Å². The summed E-state index contributed by atoms with van der Waals surface area (Å²) in [4.78, 5) is 14.5. The fourth-order valence-corrected chi connectivity index (χ4v) is 3.61. The van der Waals surface area contributed by atoms with Crippen LogP contribution in [0.15, 0.2) is 24.3 Å². The Balaban J connectivity index is 2.11. The second-order valence-corrected chi connectivity index (χ2v) is 6.49. The molecule has 0 saturated carbocycles. The molecule has 0 radical (unpaired) electrons. The monoisotopic (exact) mass is 278 g/mol. The first-order chi connectivity index (χ1) is 9.22. The topological polar surface area (TPSA) is 46.3 Å². The Kier molecular flexibility index (Phi) is 5.14. The third-order valence-electron chi connectivity index (χ3n) is 3.51. The van der Waals surface area contributed by atoms with Crippen LogP contribution in [-0.4, -0.2) is 34.9 Å². The maximum absolute atomic E-state index is 12.6. The molecule has 1 aromatic rings. The molecular formula is C15H22N2OS. The summed E-state index contributed by atoms with van der Waals surface area (Å²) in [6, 6.07) is 7.36. The number of nitrogen functional groups attached to an aromatic ring is 1. The van der Waals surface area contributed by atoms with Gasteiger partial charge >= 0.3 is 0 Å². The van der Waals surface area contributed by atoms with Crippen molar-refractivity contribution in [3.8, 4) is 0 Å². The summed E-state index contributed by atoms with van der Waals surface area (Å²) >= 11 is 1.96. The lowest BCUT2D eigenvalue weighted by atomic mass is 10.1. The lowest BCUT2D eigenvalue weighted by Gasteiger charge is -2.24. The van der Waals surface area contributed by atoms with Crippen molar-refractivity contribution in [1.82, 2.24) is 4.90 Å². The Hall–Kier alpha value is -1.16. The van der Waals surface area contributed by atoms with Crippen molar-refractivity contribution in [1.29, 1.82) is 0 Å². The molecule has 4 heteroatoms. The maximum Gasteiger partial charge on any atom is 0.255 e. The van der Waals surface area contributed by atoms with Crippen molar-refractivity contribution in [2.24, 2.45) is 0 Å². The fraction of sp³-hybridized carbons (Fsp3) is 0.533. The highest BCUT2D eigenvalue weighted by molar-refractivity contribution is 7.99. The molecule has 2 N–H and O–H groups in total. The van der Waals surface area contributed by atoms with Gasteiger partial charge in [0.25, 0.3) is 5.91 Å². The molecule has 1 atom stereocenters. The molecule has 3 nitrogen and oxygen atoms in total. The van der Waals surface area contributed by atoms with E-state index in [2.05, 4.69) is 6.92 Å². The van der Waals surface area contributed by atoms with Gasteiger partial charge in [0.1, 0.15) is 0 Å². The predicted molar refractivity (Wildman–Crippen MR) is 82.5 cm³/mol. The van der Waals surface area contributed by atoms with Crippen molar-refractivity contribution < 1.29 is 4.79 Å². The fourth-order valence-electron chi connectivity index (χ4n) is 2.52. The van der Waals surface area contributed by atoms with Gasteiger partial charge in [0.2, 0.25) is 0 Å². The van der Waals surface area contributed by atoms with E-state index in [9.17, 15) is 4.79 Å². The first-order valence-corrected chi connectivity index (χ1v) is 8.02. The maximum atomic E-state index is 12.6. The van der Waals surface area contributed by atoms with Crippen LogP contribution in [0.4, 0.5) is 5.69 Å². The Morgan fingerprint density at radius 3 is 2.95 bits per heavy atom. The summed E-state index contributed by atoms with van der Waals surface area (Å²) in [5.41, 5.74) is 7.13. The quantitative estimate of drug-likeness (QED) is 0.865.